The normalized spacial score (nSPS) is 35.9. The molecule has 0 aromatic heterocycles. The number of aliphatic hydroxyl groups excluding tert-OH is 1. The fourth-order valence-electron chi connectivity index (χ4n) is 10.6. The van der Waals surface area contributed by atoms with Gasteiger partial charge in [-0.1, -0.05) is 48.5 Å². The fourth-order valence-corrected chi connectivity index (χ4v) is 10.6. The molecular formula is C45H54N2O14. The highest BCUT2D eigenvalue weighted by atomic mass is 16.6. The van der Waals surface area contributed by atoms with Crippen LogP contribution in [0.2, 0.25) is 0 Å². The zero-order chi connectivity index (χ0) is 44.5. The highest BCUT2D eigenvalue weighted by molar-refractivity contribution is 5.99. The first-order valence-corrected chi connectivity index (χ1v) is 20.3. The topological polar surface area (TPSA) is 215 Å². The zero-order valence-corrected chi connectivity index (χ0v) is 35.8. The van der Waals surface area contributed by atoms with Crippen LogP contribution in [-0.4, -0.2) is 126 Å². The zero-order valence-electron chi connectivity index (χ0n) is 35.8. The van der Waals surface area contributed by atoms with Crippen LogP contribution in [0.5, 0.6) is 0 Å². The van der Waals surface area contributed by atoms with Crippen LogP contribution in [0, 0.1) is 10.8 Å². The molecule has 61 heavy (non-hydrogen) atoms. The lowest BCUT2D eigenvalue weighted by Crippen LogP contribution is -2.91. The monoisotopic (exact) mass is 846 g/mol. The molecule has 1 amide bonds. The second kappa shape index (κ2) is 15.4. The first kappa shape index (κ1) is 44.1. The third-order valence-corrected chi connectivity index (χ3v) is 13.5. The molecule has 3 N–H and O–H groups in total. The van der Waals surface area contributed by atoms with Crippen molar-refractivity contribution in [1.29, 1.82) is 0 Å². The number of ether oxygens (including phenoxy) is 7. The number of hydrogen-bond acceptors (Lipinski definition) is 15. The van der Waals surface area contributed by atoms with Crippen LogP contribution >= 0.6 is 0 Å². The lowest BCUT2D eigenvalue weighted by atomic mass is 9.39. The van der Waals surface area contributed by atoms with E-state index in [1.807, 2.05) is 0 Å². The first-order valence-electron chi connectivity index (χ1n) is 20.3. The molecule has 8 rings (SSSR count). The van der Waals surface area contributed by atoms with Crippen molar-refractivity contribution in [2.45, 2.75) is 126 Å². The van der Waals surface area contributed by atoms with Gasteiger partial charge in [0.05, 0.1) is 35.1 Å². The summed E-state index contributed by atoms with van der Waals surface area (Å²) in [5.41, 5.74) is -9.73. The van der Waals surface area contributed by atoms with Gasteiger partial charge >= 0.3 is 24.0 Å². The molecule has 12 atom stereocenters. The summed E-state index contributed by atoms with van der Waals surface area (Å²) in [5, 5.41) is 28.1. The number of methoxy groups -OCH3 is 2. The predicted molar refractivity (Wildman–Crippen MR) is 215 cm³/mol. The Morgan fingerprint density at radius 2 is 1.61 bits per heavy atom. The van der Waals surface area contributed by atoms with Gasteiger partial charge in [0.15, 0.2) is 29.1 Å². The molecule has 0 radical (unpaired) electrons. The van der Waals surface area contributed by atoms with Crippen molar-refractivity contribution in [1.82, 2.24) is 5.32 Å². The Labute approximate surface area is 353 Å². The van der Waals surface area contributed by atoms with E-state index in [4.69, 9.17) is 38.2 Å². The van der Waals surface area contributed by atoms with Gasteiger partial charge < -0.3 is 48.7 Å². The molecule has 16 nitrogen and oxygen atoms in total. The number of nitrogens with one attached hydrogen (secondary N) is 1. The first-order chi connectivity index (χ1) is 28.7. The number of alkyl carbamates (subject to hydrolysis) is 1. The van der Waals surface area contributed by atoms with Crippen molar-refractivity contribution in [2.24, 2.45) is 15.8 Å². The summed E-state index contributed by atoms with van der Waals surface area (Å²) in [6.45, 7) is 10.7. The van der Waals surface area contributed by atoms with Crippen LogP contribution in [0.4, 0.5) is 4.79 Å². The molecule has 3 aliphatic carbocycles. The van der Waals surface area contributed by atoms with Crippen LogP contribution in [-0.2, 0) is 47.5 Å². The molecule has 2 saturated carbocycles. The quantitative estimate of drug-likeness (QED) is 0.177. The fraction of sp³-hybridized carbons (Fsp3) is 0.556. The third kappa shape index (κ3) is 6.51. The molecule has 6 aliphatic rings. The molecular weight excluding hydrogens is 792 g/mol. The van der Waals surface area contributed by atoms with Crippen LogP contribution in [0.1, 0.15) is 83.3 Å². The summed E-state index contributed by atoms with van der Waals surface area (Å²) in [6.07, 6.45) is -8.46. The number of hydrogen-bond donors (Lipinski definition) is 3. The van der Waals surface area contributed by atoms with Crippen LogP contribution in [0.15, 0.2) is 76.8 Å². The van der Waals surface area contributed by atoms with Crippen molar-refractivity contribution in [3.63, 3.8) is 0 Å². The molecule has 3 heterocycles. The van der Waals surface area contributed by atoms with E-state index in [9.17, 15) is 29.4 Å². The maximum atomic E-state index is 15.7. The van der Waals surface area contributed by atoms with E-state index < -0.39 is 112 Å². The van der Waals surface area contributed by atoms with Gasteiger partial charge in [-0.25, -0.2) is 14.4 Å². The molecule has 328 valence electrons. The van der Waals surface area contributed by atoms with Gasteiger partial charge in [0.1, 0.15) is 29.5 Å². The second-order valence-electron chi connectivity index (χ2n) is 17.9. The summed E-state index contributed by atoms with van der Waals surface area (Å²) in [7, 11) is 2.74. The molecule has 3 aliphatic heterocycles. The summed E-state index contributed by atoms with van der Waals surface area (Å²) < 4.78 is 42.6. The average molecular weight is 847 g/mol. The van der Waals surface area contributed by atoms with Gasteiger partial charge in [-0.2, -0.15) is 0 Å². The summed E-state index contributed by atoms with van der Waals surface area (Å²) in [4.78, 5) is 75.8. The third-order valence-electron chi connectivity index (χ3n) is 13.5. The number of rotatable bonds is 10. The van der Waals surface area contributed by atoms with E-state index in [-0.39, 0.29) is 24.2 Å². The van der Waals surface area contributed by atoms with Gasteiger partial charge in [0.25, 0.3) is 0 Å². The average Bonchev–Trinajstić information content (AvgIpc) is 3.20. The van der Waals surface area contributed by atoms with E-state index in [0.717, 1.165) is 0 Å². The number of aliphatic imine (C=N–C) groups is 1. The number of fused-ring (bicyclic) bond motifs is 2. The standard InChI is InChI=1S/C45H54N2O14/c1-24-28(58-37(52)33(49)32(26-16-12-10-13-17-26)47-39(53)61-40(3,4)5)21-43(54)38(59-36(51)27-18-14-11-15-19-27)45-42(7,35(50)34(56-9)31(24)41(43,6)22-46-45)29(55-8)20-30-44(45,23-57-30)60-25(2)48/h10-19,22,28-30,32-34,38,49,54H,20-21,23H2,1-9H3,(H,47,53). The van der Waals surface area contributed by atoms with E-state index in [0.29, 0.717) is 11.1 Å². The lowest BCUT2D eigenvalue weighted by molar-refractivity contribution is -0.355. The number of amides is 1. The highest BCUT2D eigenvalue weighted by Gasteiger charge is 2.88. The Hall–Kier alpha value is -5.00. The van der Waals surface area contributed by atoms with Crippen LogP contribution in [0.3, 0.4) is 0 Å². The Kier molecular flexibility index (Phi) is 11.1. The molecule has 1 spiro atoms. The number of nitrogens with zero attached hydrogens (tertiary/aromatic N) is 1. The lowest BCUT2D eigenvalue weighted by Gasteiger charge is -2.73. The van der Waals surface area contributed by atoms with E-state index in [1.165, 1.54) is 39.5 Å². The SMILES string of the molecule is COC1C(=O)C2(C)C(OC)CC3OCC3(OC(C)=O)C23N=CC2(C)C1=C(C)C(OC(=O)C(O)C(NC(=O)OC(C)(C)C)c1ccccc1)CC2(O)C3OC(=O)c1ccccc1. The Bertz CT molecular complexity index is 2160. The van der Waals surface area contributed by atoms with E-state index in [1.54, 1.807) is 90.1 Å². The minimum Gasteiger partial charge on any atom is -0.456 e. The predicted octanol–water partition coefficient (Wildman–Crippen LogP) is 3.75. The smallest absolute Gasteiger partial charge is 0.408 e. The van der Waals surface area contributed by atoms with E-state index in [2.05, 4.69) is 5.32 Å². The molecule has 1 saturated heterocycles. The van der Waals surface area contributed by atoms with Gasteiger partial charge in [0, 0.05) is 40.2 Å². The van der Waals surface area contributed by atoms with Gasteiger partial charge in [0.2, 0.25) is 0 Å². The number of ketones is 1. The molecule has 2 aromatic rings. The summed E-state index contributed by atoms with van der Waals surface area (Å²) in [5.74, 6) is -3.41. The Balaban J connectivity index is 1.41. The second-order valence-corrected chi connectivity index (χ2v) is 17.9. The van der Waals surface area contributed by atoms with Crippen molar-refractivity contribution < 1.29 is 67.3 Å². The van der Waals surface area contributed by atoms with E-state index >= 15 is 4.79 Å². The summed E-state index contributed by atoms with van der Waals surface area (Å²) in [6, 6.07) is 14.9. The van der Waals surface area contributed by atoms with Crippen LogP contribution < -0.4 is 5.32 Å². The largest absolute Gasteiger partial charge is 0.456 e. The maximum Gasteiger partial charge on any atom is 0.408 e. The minimum absolute atomic E-state index is 0.0604. The molecule has 4 bridgehead atoms. The number of carbonyl (C=O) groups excluding carboxylic acids is 5. The van der Waals surface area contributed by atoms with Crippen LogP contribution in [0.25, 0.3) is 0 Å². The molecule has 16 heteroatoms. The Morgan fingerprint density at radius 1 is 0.967 bits per heavy atom. The number of benzene rings is 2. The van der Waals surface area contributed by atoms with Gasteiger partial charge in [-0.05, 0) is 70.4 Å². The van der Waals surface area contributed by atoms with Crippen molar-refractivity contribution in [3.05, 3.63) is 82.9 Å². The highest BCUT2D eigenvalue weighted by Crippen LogP contribution is 2.69. The number of carbonyl (C=O) groups is 5. The summed E-state index contributed by atoms with van der Waals surface area (Å²) >= 11 is 0. The number of esters is 3. The molecule has 12 unspecified atom stereocenters. The molecule has 3 fully saturated rings. The van der Waals surface area contributed by atoms with Crippen molar-refractivity contribution in [3.8, 4) is 0 Å². The number of aliphatic hydroxyl groups is 2. The van der Waals surface area contributed by atoms with Crippen molar-refractivity contribution >= 4 is 36.0 Å². The molecule has 2 aromatic carbocycles. The minimum atomic E-state index is -2.32. The van der Waals surface area contributed by atoms with Gasteiger partial charge in [-0.3, -0.25) is 14.6 Å². The Morgan fingerprint density at radius 3 is 2.16 bits per heavy atom. The van der Waals surface area contributed by atoms with Crippen molar-refractivity contribution in [2.75, 3.05) is 20.8 Å². The number of Topliss-reactive ketones (excluding diaryl/α,β-unsaturated/α-hetero) is 1. The maximum absolute atomic E-state index is 15.7. The van der Waals surface area contributed by atoms with Gasteiger partial charge in [-0.15, -0.1) is 0 Å².